The average molecular weight is 243 g/mol. The molecule has 0 unspecified atom stereocenters. The molecule has 90 valence electrons. The molecule has 0 amide bonds. The lowest BCUT2D eigenvalue weighted by atomic mass is 9.97. The van der Waals surface area contributed by atoms with Gasteiger partial charge in [-0.3, -0.25) is 0 Å². The Morgan fingerprint density at radius 3 is 2.41 bits per heavy atom. The van der Waals surface area contributed by atoms with Crippen LogP contribution in [-0.4, -0.2) is 13.1 Å². The number of nitriles is 1. The maximum absolute atomic E-state index is 12.7. The van der Waals surface area contributed by atoms with E-state index in [0.29, 0.717) is 6.07 Å². The lowest BCUT2D eigenvalue weighted by Gasteiger charge is -2.14. The van der Waals surface area contributed by atoms with Gasteiger partial charge in [0.15, 0.2) is 0 Å². The van der Waals surface area contributed by atoms with Crippen LogP contribution in [0.2, 0.25) is 0 Å². The largest absolute Gasteiger partial charge is 0.465 e. The normalized spacial score (nSPS) is 10.8. The van der Waals surface area contributed by atoms with E-state index in [1.165, 1.54) is 6.92 Å². The van der Waals surface area contributed by atoms with Crippen LogP contribution in [0.15, 0.2) is 12.1 Å². The average Bonchev–Trinajstić information content (AvgIpc) is 2.26. The first-order valence-electron chi connectivity index (χ1n) is 4.52. The standard InChI is InChI=1S/C11H8F3NO2/c1-6-7(5-15)3-4-8(11(12,13)14)9(6)10(16)17-2/h3-4H,1-2H3. The number of methoxy groups -OCH3 is 1. The van der Waals surface area contributed by atoms with Crippen LogP contribution in [0.1, 0.15) is 27.0 Å². The van der Waals surface area contributed by atoms with Crippen molar-refractivity contribution in [1.29, 1.82) is 5.26 Å². The summed E-state index contributed by atoms with van der Waals surface area (Å²) in [5, 5.41) is 8.71. The van der Waals surface area contributed by atoms with Crippen LogP contribution in [-0.2, 0) is 10.9 Å². The van der Waals surface area contributed by atoms with Crippen LogP contribution < -0.4 is 0 Å². The molecular weight excluding hydrogens is 235 g/mol. The van der Waals surface area contributed by atoms with Gasteiger partial charge >= 0.3 is 12.1 Å². The van der Waals surface area contributed by atoms with Crippen molar-refractivity contribution in [3.8, 4) is 6.07 Å². The number of carbonyl (C=O) groups is 1. The van der Waals surface area contributed by atoms with Gasteiger partial charge < -0.3 is 4.74 Å². The first-order valence-corrected chi connectivity index (χ1v) is 4.52. The molecule has 0 heterocycles. The maximum atomic E-state index is 12.7. The Morgan fingerprint density at radius 1 is 1.41 bits per heavy atom. The van der Waals surface area contributed by atoms with Crippen molar-refractivity contribution in [3.05, 3.63) is 34.4 Å². The van der Waals surface area contributed by atoms with E-state index in [4.69, 9.17) is 5.26 Å². The van der Waals surface area contributed by atoms with Crippen LogP contribution in [0.25, 0.3) is 0 Å². The number of benzene rings is 1. The molecule has 1 aromatic carbocycles. The first-order chi connectivity index (χ1) is 7.82. The number of carbonyl (C=O) groups excluding carboxylic acids is 1. The Bertz CT molecular complexity index is 501. The summed E-state index contributed by atoms with van der Waals surface area (Å²) in [6.07, 6.45) is -4.66. The number of halogens is 3. The molecule has 0 saturated carbocycles. The van der Waals surface area contributed by atoms with Crippen molar-refractivity contribution >= 4 is 5.97 Å². The summed E-state index contributed by atoms with van der Waals surface area (Å²) >= 11 is 0. The fraction of sp³-hybridized carbons (Fsp3) is 0.273. The van der Waals surface area contributed by atoms with Crippen LogP contribution >= 0.6 is 0 Å². The predicted molar refractivity (Wildman–Crippen MR) is 52.2 cm³/mol. The molecular formula is C11H8F3NO2. The second-order valence-electron chi connectivity index (χ2n) is 3.26. The molecule has 0 bridgehead atoms. The lowest BCUT2D eigenvalue weighted by Crippen LogP contribution is -2.16. The van der Waals surface area contributed by atoms with Gasteiger partial charge in [-0.2, -0.15) is 18.4 Å². The van der Waals surface area contributed by atoms with Crippen molar-refractivity contribution in [1.82, 2.24) is 0 Å². The fourth-order valence-corrected chi connectivity index (χ4v) is 1.43. The van der Waals surface area contributed by atoms with Crippen LogP contribution in [0.3, 0.4) is 0 Å². The summed E-state index contributed by atoms with van der Waals surface area (Å²) in [7, 11) is 0.987. The highest BCUT2D eigenvalue weighted by molar-refractivity contribution is 5.93. The molecule has 0 fully saturated rings. The van der Waals surface area contributed by atoms with E-state index in [9.17, 15) is 18.0 Å². The zero-order chi connectivity index (χ0) is 13.2. The summed E-state index contributed by atoms with van der Waals surface area (Å²) in [5.41, 5.74) is -1.73. The van der Waals surface area contributed by atoms with E-state index in [1.54, 1.807) is 6.07 Å². The fourth-order valence-electron chi connectivity index (χ4n) is 1.43. The highest BCUT2D eigenvalue weighted by Crippen LogP contribution is 2.34. The van der Waals surface area contributed by atoms with Crippen molar-refractivity contribution in [2.24, 2.45) is 0 Å². The lowest BCUT2D eigenvalue weighted by molar-refractivity contribution is -0.138. The smallest absolute Gasteiger partial charge is 0.417 e. The van der Waals surface area contributed by atoms with Gasteiger partial charge in [-0.1, -0.05) is 0 Å². The summed E-state index contributed by atoms with van der Waals surface area (Å²) < 4.78 is 42.3. The number of nitrogens with zero attached hydrogens (tertiary/aromatic N) is 1. The van der Waals surface area contributed by atoms with E-state index in [-0.39, 0.29) is 11.1 Å². The third-order valence-electron chi connectivity index (χ3n) is 2.28. The van der Waals surface area contributed by atoms with E-state index >= 15 is 0 Å². The number of hydrogen-bond acceptors (Lipinski definition) is 3. The Kier molecular flexibility index (Phi) is 3.42. The molecule has 6 heteroatoms. The molecule has 1 rings (SSSR count). The Balaban J connectivity index is 3.60. The van der Waals surface area contributed by atoms with Gasteiger partial charge in [0.2, 0.25) is 0 Å². The number of hydrogen-bond donors (Lipinski definition) is 0. The van der Waals surface area contributed by atoms with Gasteiger partial charge in [-0.05, 0) is 24.6 Å². The second kappa shape index (κ2) is 4.45. The molecule has 0 aliphatic rings. The second-order valence-corrected chi connectivity index (χ2v) is 3.26. The third kappa shape index (κ3) is 2.38. The Hall–Kier alpha value is -2.03. The van der Waals surface area contributed by atoms with Crippen LogP contribution in [0, 0.1) is 18.3 Å². The Morgan fingerprint density at radius 2 is 2.00 bits per heavy atom. The number of alkyl halides is 3. The molecule has 0 aromatic heterocycles. The molecule has 0 aliphatic heterocycles. The minimum absolute atomic E-state index is 0.0124. The quantitative estimate of drug-likeness (QED) is 0.712. The molecule has 0 saturated heterocycles. The highest BCUT2D eigenvalue weighted by Gasteiger charge is 2.37. The molecule has 0 spiro atoms. The van der Waals surface area contributed by atoms with Gasteiger partial charge in [0.25, 0.3) is 0 Å². The zero-order valence-corrected chi connectivity index (χ0v) is 9.05. The van der Waals surface area contributed by atoms with Gasteiger partial charge in [0.1, 0.15) is 0 Å². The first kappa shape index (κ1) is 13.0. The van der Waals surface area contributed by atoms with Crippen molar-refractivity contribution in [2.75, 3.05) is 7.11 Å². The minimum Gasteiger partial charge on any atom is -0.465 e. The van der Waals surface area contributed by atoms with E-state index in [2.05, 4.69) is 4.74 Å². The number of ether oxygens (including phenoxy) is 1. The van der Waals surface area contributed by atoms with Gasteiger partial charge in [-0.25, -0.2) is 4.79 Å². The minimum atomic E-state index is -4.66. The third-order valence-corrected chi connectivity index (χ3v) is 2.28. The monoisotopic (exact) mass is 243 g/mol. The van der Waals surface area contributed by atoms with Crippen molar-refractivity contribution in [3.63, 3.8) is 0 Å². The topological polar surface area (TPSA) is 50.1 Å². The number of rotatable bonds is 1. The summed E-state index contributed by atoms with van der Waals surface area (Å²) in [4.78, 5) is 11.3. The van der Waals surface area contributed by atoms with Gasteiger partial charge in [-0.15, -0.1) is 0 Å². The van der Waals surface area contributed by atoms with Crippen LogP contribution in [0.4, 0.5) is 13.2 Å². The molecule has 1 aromatic rings. The Labute approximate surface area is 95.4 Å². The van der Waals surface area contributed by atoms with Crippen molar-refractivity contribution < 1.29 is 22.7 Å². The van der Waals surface area contributed by atoms with E-state index < -0.39 is 23.3 Å². The molecule has 0 radical (unpaired) electrons. The number of esters is 1. The summed E-state index contributed by atoms with van der Waals surface area (Å²) in [6.45, 7) is 1.28. The SMILES string of the molecule is COC(=O)c1c(C(F)(F)F)ccc(C#N)c1C. The summed E-state index contributed by atoms with van der Waals surface area (Å²) in [6, 6.07) is 3.46. The van der Waals surface area contributed by atoms with Gasteiger partial charge in [0, 0.05) is 0 Å². The molecule has 3 nitrogen and oxygen atoms in total. The molecule has 0 N–H and O–H groups in total. The van der Waals surface area contributed by atoms with E-state index in [1.807, 2.05) is 0 Å². The predicted octanol–water partition coefficient (Wildman–Crippen LogP) is 2.67. The molecule has 0 atom stereocenters. The molecule has 17 heavy (non-hydrogen) atoms. The zero-order valence-electron chi connectivity index (χ0n) is 9.05. The summed E-state index contributed by atoms with van der Waals surface area (Å²) in [5.74, 6) is -1.10. The van der Waals surface area contributed by atoms with Crippen molar-refractivity contribution in [2.45, 2.75) is 13.1 Å². The van der Waals surface area contributed by atoms with E-state index in [0.717, 1.165) is 13.2 Å². The van der Waals surface area contributed by atoms with Crippen LogP contribution in [0.5, 0.6) is 0 Å². The van der Waals surface area contributed by atoms with Gasteiger partial charge in [0.05, 0.1) is 29.9 Å². The maximum Gasteiger partial charge on any atom is 0.417 e. The molecule has 0 aliphatic carbocycles. The highest BCUT2D eigenvalue weighted by atomic mass is 19.4.